The van der Waals surface area contributed by atoms with Crippen LogP contribution in [0.3, 0.4) is 0 Å². The summed E-state index contributed by atoms with van der Waals surface area (Å²) in [7, 11) is 0. The fourth-order valence-corrected chi connectivity index (χ4v) is 3.50. The number of benzene rings is 2. The number of hydrogen-bond donors (Lipinski definition) is 2. The van der Waals surface area contributed by atoms with Crippen LogP contribution in [-0.2, 0) is 4.74 Å². The molecule has 3 aromatic rings. The number of nitrogens with one attached hydrogen (secondary N) is 1. The summed E-state index contributed by atoms with van der Waals surface area (Å²) < 4.78 is 10.9. The highest BCUT2D eigenvalue weighted by molar-refractivity contribution is 6.33. The van der Waals surface area contributed by atoms with E-state index in [0.29, 0.717) is 21.6 Å². The molecule has 2 N–H and O–H groups in total. The minimum Gasteiger partial charge on any atom is -0.508 e. The molecule has 1 fully saturated rings. The Morgan fingerprint density at radius 3 is 2.79 bits per heavy atom. The van der Waals surface area contributed by atoms with Crippen LogP contribution in [0.15, 0.2) is 51.9 Å². The van der Waals surface area contributed by atoms with Crippen molar-refractivity contribution in [3.8, 4) is 16.9 Å². The third kappa shape index (κ3) is 3.99. The molecule has 0 atom stereocenters. The van der Waals surface area contributed by atoms with Gasteiger partial charge in [-0.3, -0.25) is 9.69 Å². The Morgan fingerprint density at radius 2 is 1.96 bits per heavy atom. The topological polar surface area (TPSA) is 74.9 Å². The van der Waals surface area contributed by atoms with Gasteiger partial charge in [0, 0.05) is 32.2 Å². The molecule has 1 saturated heterocycles. The summed E-state index contributed by atoms with van der Waals surface area (Å²) in [5.74, 6) is 0.0571. The van der Waals surface area contributed by atoms with Gasteiger partial charge in [-0.05, 0) is 29.8 Å². The van der Waals surface area contributed by atoms with Gasteiger partial charge in [0.25, 0.3) is 0 Å². The first-order valence-electron chi connectivity index (χ1n) is 9.20. The molecule has 0 saturated carbocycles. The van der Waals surface area contributed by atoms with Crippen molar-refractivity contribution in [3.63, 3.8) is 0 Å². The Kier molecular flexibility index (Phi) is 5.52. The lowest BCUT2D eigenvalue weighted by atomic mass is 10.0. The monoisotopic (exact) mass is 400 g/mol. The van der Waals surface area contributed by atoms with E-state index in [9.17, 15) is 9.90 Å². The molecule has 1 aromatic heterocycles. The summed E-state index contributed by atoms with van der Waals surface area (Å²) >= 11 is 6.33. The molecular weight excluding hydrogens is 380 g/mol. The molecule has 0 amide bonds. The SMILES string of the molecule is O=c1c(-c2ccc(Cl)c(NCCN3CCOCC3)c2)coc2cc(O)ccc12. The second-order valence-corrected chi connectivity index (χ2v) is 7.14. The van der Waals surface area contributed by atoms with E-state index in [1.807, 2.05) is 6.07 Å². The second kappa shape index (κ2) is 8.22. The van der Waals surface area contributed by atoms with E-state index >= 15 is 0 Å². The molecule has 1 aliphatic rings. The Bertz CT molecular complexity index is 1040. The van der Waals surface area contributed by atoms with Crippen LogP contribution >= 0.6 is 11.6 Å². The Hall–Kier alpha value is -2.54. The van der Waals surface area contributed by atoms with Crippen molar-refractivity contribution in [3.05, 3.63) is 57.9 Å². The van der Waals surface area contributed by atoms with Crippen molar-refractivity contribution in [1.29, 1.82) is 0 Å². The van der Waals surface area contributed by atoms with Crippen molar-refractivity contribution in [2.24, 2.45) is 0 Å². The maximum absolute atomic E-state index is 12.8. The van der Waals surface area contributed by atoms with Gasteiger partial charge in [-0.1, -0.05) is 17.7 Å². The minimum absolute atomic E-state index is 0.0571. The number of ether oxygens (including phenoxy) is 1. The lowest BCUT2D eigenvalue weighted by molar-refractivity contribution is 0.0398. The lowest BCUT2D eigenvalue weighted by Gasteiger charge is -2.26. The molecule has 4 rings (SSSR count). The normalized spacial score (nSPS) is 15.0. The molecule has 6 nitrogen and oxygen atoms in total. The van der Waals surface area contributed by atoms with Crippen LogP contribution in [0.4, 0.5) is 5.69 Å². The zero-order valence-electron chi connectivity index (χ0n) is 15.3. The molecule has 28 heavy (non-hydrogen) atoms. The number of phenolic OH excluding ortho intramolecular Hbond substituents is 1. The highest BCUT2D eigenvalue weighted by atomic mass is 35.5. The lowest BCUT2D eigenvalue weighted by Crippen LogP contribution is -2.39. The van der Waals surface area contributed by atoms with E-state index in [-0.39, 0.29) is 11.2 Å². The molecule has 7 heteroatoms. The first-order valence-corrected chi connectivity index (χ1v) is 9.58. The number of aromatic hydroxyl groups is 1. The number of morpholine rings is 1. The van der Waals surface area contributed by atoms with Crippen molar-refractivity contribution in [2.45, 2.75) is 0 Å². The van der Waals surface area contributed by atoms with E-state index in [4.69, 9.17) is 20.8 Å². The molecule has 0 radical (unpaired) electrons. The highest BCUT2D eigenvalue weighted by Gasteiger charge is 2.13. The van der Waals surface area contributed by atoms with Crippen molar-refractivity contribution < 1.29 is 14.3 Å². The molecule has 0 bridgehead atoms. The van der Waals surface area contributed by atoms with Crippen LogP contribution < -0.4 is 10.7 Å². The summed E-state index contributed by atoms with van der Waals surface area (Å²) in [6.45, 7) is 5.05. The van der Waals surface area contributed by atoms with Crippen LogP contribution in [0.2, 0.25) is 5.02 Å². The van der Waals surface area contributed by atoms with Crippen LogP contribution in [0, 0.1) is 0 Å². The van der Waals surface area contributed by atoms with Gasteiger partial charge >= 0.3 is 0 Å². The first kappa shape index (κ1) is 18.8. The summed E-state index contributed by atoms with van der Waals surface area (Å²) in [6, 6.07) is 9.91. The maximum Gasteiger partial charge on any atom is 0.200 e. The van der Waals surface area contributed by atoms with Gasteiger partial charge in [-0.2, -0.15) is 0 Å². The second-order valence-electron chi connectivity index (χ2n) is 6.73. The smallest absolute Gasteiger partial charge is 0.200 e. The Morgan fingerprint density at radius 1 is 1.14 bits per heavy atom. The molecule has 0 aliphatic carbocycles. The molecule has 0 spiro atoms. The van der Waals surface area contributed by atoms with Crippen molar-refractivity contribution >= 4 is 28.3 Å². The zero-order valence-corrected chi connectivity index (χ0v) is 16.0. The molecule has 2 heterocycles. The average molecular weight is 401 g/mol. The van der Waals surface area contributed by atoms with Crippen LogP contribution in [0.5, 0.6) is 5.75 Å². The van der Waals surface area contributed by atoms with Crippen LogP contribution in [0.25, 0.3) is 22.1 Å². The van der Waals surface area contributed by atoms with Gasteiger partial charge in [0.05, 0.1) is 34.9 Å². The fraction of sp³-hybridized carbons (Fsp3) is 0.286. The number of rotatable bonds is 5. The predicted octanol–water partition coefficient (Wildman–Crippen LogP) is 3.56. The van der Waals surface area contributed by atoms with Gasteiger partial charge in [-0.25, -0.2) is 0 Å². The van der Waals surface area contributed by atoms with Gasteiger partial charge in [0.15, 0.2) is 5.43 Å². The first-order chi connectivity index (χ1) is 13.6. The summed E-state index contributed by atoms with van der Waals surface area (Å²) in [5, 5.41) is 13.9. The molecule has 1 aliphatic heterocycles. The number of phenols is 1. The average Bonchev–Trinajstić information content (AvgIpc) is 2.70. The van der Waals surface area contributed by atoms with Gasteiger partial charge in [-0.15, -0.1) is 0 Å². The number of anilines is 1. The quantitative estimate of drug-likeness (QED) is 0.682. The van der Waals surface area contributed by atoms with E-state index in [1.54, 1.807) is 18.2 Å². The van der Waals surface area contributed by atoms with Gasteiger partial charge in [0.1, 0.15) is 17.6 Å². The molecule has 146 valence electrons. The Labute approximate surface area is 167 Å². The summed E-state index contributed by atoms with van der Waals surface area (Å²) in [4.78, 5) is 15.2. The van der Waals surface area contributed by atoms with E-state index in [1.165, 1.54) is 18.4 Å². The summed E-state index contributed by atoms with van der Waals surface area (Å²) in [5.41, 5.74) is 2.15. The number of nitrogens with zero attached hydrogens (tertiary/aromatic N) is 1. The Balaban J connectivity index is 1.56. The van der Waals surface area contributed by atoms with E-state index < -0.39 is 0 Å². The van der Waals surface area contributed by atoms with Crippen LogP contribution in [0.1, 0.15) is 0 Å². The zero-order chi connectivity index (χ0) is 19.5. The molecule has 0 unspecified atom stereocenters. The standard InChI is InChI=1S/C21H21ClN2O4/c22-18-4-1-14(11-19(18)23-5-6-24-7-9-27-10-8-24)17-13-28-20-12-15(25)2-3-16(20)21(17)26/h1-4,11-13,23,25H,5-10H2. The number of fused-ring (bicyclic) bond motifs is 1. The van der Waals surface area contributed by atoms with Crippen molar-refractivity contribution in [1.82, 2.24) is 4.90 Å². The fourth-order valence-electron chi connectivity index (χ4n) is 3.32. The summed E-state index contributed by atoms with van der Waals surface area (Å²) in [6.07, 6.45) is 1.42. The third-order valence-electron chi connectivity index (χ3n) is 4.88. The van der Waals surface area contributed by atoms with Crippen LogP contribution in [-0.4, -0.2) is 49.4 Å². The highest BCUT2D eigenvalue weighted by Crippen LogP contribution is 2.29. The largest absolute Gasteiger partial charge is 0.508 e. The van der Waals surface area contributed by atoms with Gasteiger partial charge in [0.2, 0.25) is 0 Å². The third-order valence-corrected chi connectivity index (χ3v) is 5.21. The van der Waals surface area contributed by atoms with E-state index in [2.05, 4.69) is 10.2 Å². The minimum atomic E-state index is -0.150. The molecular formula is C21H21ClN2O4. The van der Waals surface area contributed by atoms with E-state index in [0.717, 1.165) is 50.6 Å². The maximum atomic E-state index is 12.8. The number of hydrogen-bond acceptors (Lipinski definition) is 6. The predicted molar refractivity (Wildman–Crippen MR) is 110 cm³/mol. The van der Waals surface area contributed by atoms with Crippen molar-refractivity contribution in [2.75, 3.05) is 44.7 Å². The molecule has 2 aromatic carbocycles. The number of halogens is 1. The van der Waals surface area contributed by atoms with Gasteiger partial charge < -0.3 is 19.6 Å².